The highest BCUT2D eigenvalue weighted by Gasteiger charge is 2.50. The number of nitrogens with zero attached hydrogens (tertiary/aromatic N) is 5. The minimum absolute atomic E-state index is 0.00676. The Kier molecular flexibility index (Phi) is 7.45. The van der Waals surface area contributed by atoms with Crippen LogP contribution in [0.2, 0.25) is 0 Å². The van der Waals surface area contributed by atoms with Gasteiger partial charge in [0.1, 0.15) is 11.9 Å². The highest BCUT2D eigenvalue weighted by Crippen LogP contribution is 2.33. The quantitative estimate of drug-likeness (QED) is 0.550. The molecule has 2 aliphatic heterocycles. The second kappa shape index (κ2) is 10.7. The number of hydrogen-bond donors (Lipinski definition) is 0. The van der Waals surface area contributed by atoms with E-state index in [0.717, 1.165) is 35.8 Å². The standard InChI is InChI=1S/C26H30F3N5O4S/c27-26(28,29)19-11-12-23(30-17-19)31-13-15-32(16-14-31)24(35)22-18-33(39(37,38)21-9-5-2-6-10-21)25(36)34(22)20-7-3-1-4-8-20/h2,5-6,9-12,17,20,22H,1,3-4,7-8,13-16,18H2/t22-/m0/s1. The molecule has 39 heavy (non-hydrogen) atoms. The zero-order valence-corrected chi connectivity index (χ0v) is 22.1. The van der Waals surface area contributed by atoms with E-state index in [9.17, 15) is 31.2 Å². The third-order valence-corrected chi connectivity index (χ3v) is 9.44. The first-order valence-electron chi connectivity index (χ1n) is 13.0. The third-order valence-electron chi connectivity index (χ3n) is 7.68. The Bertz CT molecular complexity index is 1290. The first kappa shape index (κ1) is 27.2. The molecule has 3 fully saturated rings. The van der Waals surface area contributed by atoms with Crippen molar-refractivity contribution in [3.8, 4) is 0 Å². The largest absolute Gasteiger partial charge is 0.417 e. The number of alkyl halides is 3. The fraction of sp³-hybridized carbons (Fsp3) is 0.500. The van der Waals surface area contributed by atoms with E-state index in [0.29, 0.717) is 31.7 Å². The van der Waals surface area contributed by atoms with Crippen LogP contribution < -0.4 is 4.90 Å². The zero-order chi connectivity index (χ0) is 27.8. The second-order valence-electron chi connectivity index (χ2n) is 10.1. The van der Waals surface area contributed by atoms with Gasteiger partial charge in [0.15, 0.2) is 0 Å². The molecule has 3 amide bonds. The highest BCUT2D eigenvalue weighted by atomic mass is 32.2. The summed E-state index contributed by atoms with van der Waals surface area (Å²) in [6.07, 6.45) is 0.578. The fourth-order valence-corrected chi connectivity index (χ4v) is 6.97. The summed E-state index contributed by atoms with van der Waals surface area (Å²) in [6, 6.07) is 8.18. The van der Waals surface area contributed by atoms with Gasteiger partial charge in [0.05, 0.1) is 17.0 Å². The topological polar surface area (TPSA) is 94.1 Å². The van der Waals surface area contributed by atoms with Gasteiger partial charge in [-0.05, 0) is 37.1 Å². The number of rotatable bonds is 5. The van der Waals surface area contributed by atoms with Crippen LogP contribution in [0.4, 0.5) is 23.8 Å². The van der Waals surface area contributed by atoms with Gasteiger partial charge in [-0.1, -0.05) is 37.5 Å². The lowest BCUT2D eigenvalue weighted by atomic mass is 9.93. The molecule has 1 aliphatic carbocycles. The molecule has 2 saturated heterocycles. The first-order valence-corrected chi connectivity index (χ1v) is 14.5. The number of carbonyl (C=O) groups is 2. The van der Waals surface area contributed by atoms with Crippen LogP contribution >= 0.6 is 0 Å². The van der Waals surface area contributed by atoms with Crippen molar-refractivity contribution in [2.75, 3.05) is 37.6 Å². The minimum atomic E-state index is -4.47. The molecular formula is C26H30F3N5O4S. The predicted molar refractivity (Wildman–Crippen MR) is 136 cm³/mol. The van der Waals surface area contributed by atoms with E-state index >= 15 is 0 Å². The van der Waals surface area contributed by atoms with Crippen molar-refractivity contribution in [1.82, 2.24) is 19.1 Å². The van der Waals surface area contributed by atoms with Gasteiger partial charge in [0.25, 0.3) is 10.0 Å². The summed E-state index contributed by atoms with van der Waals surface area (Å²) in [4.78, 5) is 36.1. The van der Waals surface area contributed by atoms with Gasteiger partial charge >= 0.3 is 12.2 Å². The Morgan fingerprint density at radius 1 is 0.923 bits per heavy atom. The summed E-state index contributed by atoms with van der Waals surface area (Å²) >= 11 is 0. The maximum Gasteiger partial charge on any atom is 0.417 e. The Morgan fingerprint density at radius 2 is 1.59 bits per heavy atom. The number of pyridine rings is 1. The fourth-order valence-electron chi connectivity index (χ4n) is 5.58. The van der Waals surface area contributed by atoms with Crippen LogP contribution in [0.5, 0.6) is 0 Å². The van der Waals surface area contributed by atoms with Crippen LogP contribution in [0.3, 0.4) is 0 Å². The average Bonchev–Trinajstić information content (AvgIpc) is 3.31. The summed E-state index contributed by atoms with van der Waals surface area (Å²) in [6.45, 7) is 0.985. The average molecular weight is 566 g/mol. The van der Waals surface area contributed by atoms with Gasteiger partial charge in [0, 0.05) is 38.4 Å². The number of amides is 3. The van der Waals surface area contributed by atoms with Gasteiger partial charge in [-0.25, -0.2) is 22.5 Å². The molecular weight excluding hydrogens is 535 g/mol. The normalized spacial score (nSPS) is 21.5. The van der Waals surface area contributed by atoms with Gasteiger partial charge in [-0.3, -0.25) is 4.79 Å². The second-order valence-corrected chi connectivity index (χ2v) is 11.9. The molecule has 1 atom stereocenters. The molecule has 0 spiro atoms. The van der Waals surface area contributed by atoms with E-state index in [1.165, 1.54) is 23.1 Å². The van der Waals surface area contributed by atoms with E-state index in [1.807, 2.05) is 0 Å². The lowest BCUT2D eigenvalue weighted by Gasteiger charge is -2.39. The van der Waals surface area contributed by atoms with E-state index < -0.39 is 33.8 Å². The molecule has 210 valence electrons. The molecule has 3 aliphatic rings. The van der Waals surface area contributed by atoms with Crippen LogP contribution in [-0.4, -0.2) is 84.3 Å². The van der Waals surface area contributed by atoms with Crippen molar-refractivity contribution in [3.63, 3.8) is 0 Å². The maximum atomic E-state index is 13.8. The molecule has 0 unspecified atom stereocenters. The SMILES string of the molecule is O=C([C@@H]1CN(S(=O)(=O)c2ccccc2)C(=O)N1C1CCCCC1)N1CCN(c2ccc(C(F)(F)F)cn2)CC1. The van der Waals surface area contributed by atoms with Crippen LogP contribution in [0, 0.1) is 0 Å². The first-order chi connectivity index (χ1) is 18.6. The van der Waals surface area contributed by atoms with E-state index in [4.69, 9.17) is 0 Å². The van der Waals surface area contributed by atoms with Crippen molar-refractivity contribution in [3.05, 3.63) is 54.2 Å². The molecule has 9 nitrogen and oxygen atoms in total. The number of benzene rings is 1. The van der Waals surface area contributed by atoms with Crippen LogP contribution in [0.15, 0.2) is 53.6 Å². The lowest BCUT2D eigenvalue weighted by molar-refractivity contribution is -0.138. The maximum absolute atomic E-state index is 13.8. The molecule has 5 rings (SSSR count). The Labute approximate surface area is 225 Å². The number of carbonyl (C=O) groups excluding carboxylic acids is 2. The zero-order valence-electron chi connectivity index (χ0n) is 21.3. The van der Waals surface area contributed by atoms with Gasteiger partial charge in [-0.15, -0.1) is 0 Å². The summed E-state index contributed by atoms with van der Waals surface area (Å²) in [5.41, 5.74) is -0.830. The van der Waals surface area contributed by atoms with Crippen LogP contribution in [0.25, 0.3) is 0 Å². The summed E-state index contributed by atoms with van der Waals surface area (Å²) in [5, 5.41) is 0. The molecule has 2 aromatic rings. The molecule has 13 heteroatoms. The number of sulfonamides is 1. The monoisotopic (exact) mass is 565 g/mol. The Balaban J connectivity index is 1.32. The van der Waals surface area contributed by atoms with Crippen molar-refractivity contribution in [2.45, 2.75) is 55.3 Å². The van der Waals surface area contributed by atoms with Gasteiger partial charge in [-0.2, -0.15) is 13.2 Å². The minimum Gasteiger partial charge on any atom is -0.353 e. The summed E-state index contributed by atoms with van der Waals surface area (Å²) < 4.78 is 66.2. The van der Waals surface area contributed by atoms with Crippen molar-refractivity contribution >= 4 is 27.8 Å². The highest BCUT2D eigenvalue weighted by molar-refractivity contribution is 7.89. The third kappa shape index (κ3) is 5.41. The molecule has 1 saturated carbocycles. The number of piperazine rings is 1. The van der Waals surface area contributed by atoms with Crippen LogP contribution in [0.1, 0.15) is 37.7 Å². The number of hydrogen-bond acceptors (Lipinski definition) is 6. The van der Waals surface area contributed by atoms with E-state index in [-0.39, 0.29) is 36.5 Å². The lowest BCUT2D eigenvalue weighted by Crippen LogP contribution is -2.56. The summed E-state index contributed by atoms with van der Waals surface area (Å²) in [7, 11) is -4.14. The molecule has 3 heterocycles. The van der Waals surface area contributed by atoms with Gasteiger partial charge in [0.2, 0.25) is 5.91 Å². The van der Waals surface area contributed by atoms with E-state index in [1.54, 1.807) is 28.0 Å². The Hall–Kier alpha value is -3.35. The van der Waals surface area contributed by atoms with Crippen molar-refractivity contribution in [2.24, 2.45) is 0 Å². The predicted octanol–water partition coefficient (Wildman–Crippen LogP) is 3.58. The summed E-state index contributed by atoms with van der Waals surface area (Å²) in [5.74, 6) is 0.0646. The molecule has 1 aromatic carbocycles. The molecule has 0 N–H and O–H groups in total. The van der Waals surface area contributed by atoms with Crippen LogP contribution in [-0.2, 0) is 21.0 Å². The number of urea groups is 1. The number of aromatic nitrogens is 1. The van der Waals surface area contributed by atoms with Crippen molar-refractivity contribution in [1.29, 1.82) is 0 Å². The molecule has 0 bridgehead atoms. The van der Waals surface area contributed by atoms with E-state index in [2.05, 4.69) is 4.98 Å². The smallest absolute Gasteiger partial charge is 0.353 e. The van der Waals surface area contributed by atoms with Gasteiger partial charge < -0.3 is 14.7 Å². The number of halogens is 3. The van der Waals surface area contributed by atoms with Crippen molar-refractivity contribution < 1.29 is 31.2 Å². The number of anilines is 1. The molecule has 0 radical (unpaired) electrons. The molecule has 1 aromatic heterocycles. The Morgan fingerprint density at radius 3 is 2.18 bits per heavy atom.